The molecule has 14 heavy (non-hydrogen) atoms. The molecule has 2 heteroatoms. The van der Waals surface area contributed by atoms with Crippen molar-refractivity contribution in [3.05, 3.63) is 23.8 Å². The number of hydrogen-bond donors (Lipinski definition) is 0. The van der Waals surface area contributed by atoms with Gasteiger partial charge in [0, 0.05) is 0 Å². The van der Waals surface area contributed by atoms with Gasteiger partial charge in [0.15, 0.2) is 11.5 Å². The molecule has 1 aliphatic heterocycles. The zero-order chi connectivity index (χ0) is 10.4. The quantitative estimate of drug-likeness (QED) is 0.631. The van der Waals surface area contributed by atoms with Gasteiger partial charge >= 0.3 is 0 Å². The molecule has 0 unspecified atom stereocenters. The maximum Gasteiger partial charge on any atom is 0.161 e. The molecular formula is C12H18O2. The lowest BCUT2D eigenvalue weighted by atomic mass is 10.2. The van der Waals surface area contributed by atoms with Crippen LogP contribution in [0.25, 0.3) is 0 Å². The average molecular weight is 194 g/mol. The van der Waals surface area contributed by atoms with Crippen molar-refractivity contribution in [2.24, 2.45) is 0 Å². The monoisotopic (exact) mass is 194 g/mol. The van der Waals surface area contributed by atoms with Crippen LogP contribution in [0.4, 0.5) is 0 Å². The summed E-state index contributed by atoms with van der Waals surface area (Å²) in [7, 11) is 0. The van der Waals surface area contributed by atoms with Gasteiger partial charge in [-0.05, 0) is 24.6 Å². The Labute approximate surface area is 85.8 Å². The summed E-state index contributed by atoms with van der Waals surface area (Å²) in [5.74, 6) is 1.73. The standard InChI is InChI=1S/C9H10O2.C3H8/c1-7-2-3-8-9(6-7)11-5-4-10-8;1-3-2/h2-3,6H,4-5H2,1H3;3H2,1-2H3. The van der Waals surface area contributed by atoms with E-state index in [4.69, 9.17) is 9.47 Å². The lowest BCUT2D eigenvalue weighted by Gasteiger charge is -2.18. The first-order chi connectivity index (χ1) is 6.77. The largest absolute Gasteiger partial charge is 0.486 e. The van der Waals surface area contributed by atoms with Crippen molar-refractivity contribution in [2.45, 2.75) is 27.2 Å². The average Bonchev–Trinajstić information content (AvgIpc) is 2.19. The van der Waals surface area contributed by atoms with Crippen molar-refractivity contribution >= 4 is 0 Å². The van der Waals surface area contributed by atoms with Gasteiger partial charge in [0.25, 0.3) is 0 Å². The third-order valence-corrected chi connectivity index (χ3v) is 1.70. The number of fused-ring (bicyclic) bond motifs is 1. The van der Waals surface area contributed by atoms with Crippen molar-refractivity contribution in [3.8, 4) is 11.5 Å². The second-order valence-corrected chi connectivity index (χ2v) is 3.35. The highest BCUT2D eigenvalue weighted by atomic mass is 16.6. The fourth-order valence-corrected chi connectivity index (χ4v) is 1.15. The maximum absolute atomic E-state index is 5.38. The van der Waals surface area contributed by atoms with Crippen LogP contribution >= 0.6 is 0 Å². The van der Waals surface area contributed by atoms with Gasteiger partial charge in [-0.15, -0.1) is 0 Å². The van der Waals surface area contributed by atoms with Crippen LogP contribution in [0.2, 0.25) is 0 Å². The molecule has 0 spiro atoms. The summed E-state index contributed by atoms with van der Waals surface area (Å²) >= 11 is 0. The normalized spacial score (nSPS) is 12.8. The topological polar surface area (TPSA) is 18.5 Å². The molecule has 0 saturated heterocycles. The molecule has 2 nitrogen and oxygen atoms in total. The number of rotatable bonds is 0. The van der Waals surface area contributed by atoms with E-state index in [0.29, 0.717) is 13.2 Å². The molecule has 1 heterocycles. The van der Waals surface area contributed by atoms with E-state index in [2.05, 4.69) is 13.8 Å². The molecule has 1 aromatic rings. The molecule has 78 valence electrons. The highest BCUT2D eigenvalue weighted by molar-refractivity contribution is 5.43. The molecule has 0 aliphatic carbocycles. The molecule has 0 radical (unpaired) electrons. The summed E-state index contributed by atoms with van der Waals surface area (Å²) in [6, 6.07) is 5.96. The van der Waals surface area contributed by atoms with Crippen LogP contribution in [0.5, 0.6) is 11.5 Å². The highest BCUT2D eigenvalue weighted by Crippen LogP contribution is 2.30. The van der Waals surface area contributed by atoms with Crippen molar-refractivity contribution in [2.75, 3.05) is 13.2 Å². The van der Waals surface area contributed by atoms with Crippen molar-refractivity contribution < 1.29 is 9.47 Å². The summed E-state index contributed by atoms with van der Waals surface area (Å²) in [5, 5.41) is 0. The van der Waals surface area contributed by atoms with Gasteiger partial charge in [-0.25, -0.2) is 0 Å². The third kappa shape index (κ3) is 2.95. The van der Waals surface area contributed by atoms with Gasteiger partial charge in [-0.1, -0.05) is 26.3 Å². The van der Waals surface area contributed by atoms with E-state index in [1.54, 1.807) is 0 Å². The summed E-state index contributed by atoms with van der Waals surface area (Å²) in [6.07, 6.45) is 1.25. The van der Waals surface area contributed by atoms with Crippen molar-refractivity contribution in [3.63, 3.8) is 0 Å². The van der Waals surface area contributed by atoms with E-state index in [1.165, 1.54) is 12.0 Å². The van der Waals surface area contributed by atoms with E-state index in [9.17, 15) is 0 Å². The molecular weight excluding hydrogens is 176 g/mol. The first-order valence-corrected chi connectivity index (χ1v) is 5.14. The van der Waals surface area contributed by atoms with E-state index < -0.39 is 0 Å². The van der Waals surface area contributed by atoms with Gasteiger partial charge in [-0.2, -0.15) is 0 Å². The van der Waals surface area contributed by atoms with Crippen LogP contribution in [0, 0.1) is 6.92 Å². The Bertz CT molecular complexity index is 282. The molecule has 0 fully saturated rings. The van der Waals surface area contributed by atoms with Gasteiger partial charge in [0.1, 0.15) is 13.2 Å². The van der Waals surface area contributed by atoms with Crippen molar-refractivity contribution in [1.82, 2.24) is 0 Å². The lowest BCUT2D eigenvalue weighted by Crippen LogP contribution is -2.15. The predicted octanol–water partition coefficient (Wildman–Crippen LogP) is 3.18. The number of ether oxygens (including phenoxy) is 2. The van der Waals surface area contributed by atoms with Crippen LogP contribution in [0.3, 0.4) is 0 Å². The molecule has 2 rings (SSSR count). The van der Waals surface area contributed by atoms with Gasteiger partial charge < -0.3 is 9.47 Å². The second-order valence-electron chi connectivity index (χ2n) is 3.35. The summed E-state index contributed by atoms with van der Waals surface area (Å²) < 4.78 is 10.7. The number of hydrogen-bond acceptors (Lipinski definition) is 2. The maximum atomic E-state index is 5.38. The minimum absolute atomic E-state index is 0.663. The van der Waals surface area contributed by atoms with Gasteiger partial charge in [0.2, 0.25) is 0 Å². The van der Waals surface area contributed by atoms with Gasteiger partial charge in [-0.3, -0.25) is 0 Å². The number of aryl methyl sites for hydroxylation is 1. The first kappa shape index (κ1) is 10.9. The van der Waals surface area contributed by atoms with Crippen LogP contribution in [-0.4, -0.2) is 13.2 Å². The Kier molecular flexibility index (Phi) is 4.30. The smallest absolute Gasteiger partial charge is 0.161 e. The minimum atomic E-state index is 0.663. The first-order valence-electron chi connectivity index (χ1n) is 5.14. The summed E-state index contributed by atoms with van der Waals surface area (Å²) in [5.41, 5.74) is 1.20. The van der Waals surface area contributed by atoms with E-state index >= 15 is 0 Å². The molecule has 0 bridgehead atoms. The van der Waals surface area contributed by atoms with Gasteiger partial charge in [0.05, 0.1) is 0 Å². The Morgan fingerprint density at radius 3 is 2.29 bits per heavy atom. The van der Waals surface area contributed by atoms with E-state index in [0.717, 1.165) is 11.5 Å². The van der Waals surface area contributed by atoms with Crippen LogP contribution in [-0.2, 0) is 0 Å². The predicted molar refractivity (Wildman–Crippen MR) is 58.1 cm³/mol. The highest BCUT2D eigenvalue weighted by Gasteiger charge is 2.09. The minimum Gasteiger partial charge on any atom is -0.486 e. The molecule has 1 aromatic carbocycles. The van der Waals surface area contributed by atoms with Crippen LogP contribution in [0.1, 0.15) is 25.8 Å². The fraction of sp³-hybridized carbons (Fsp3) is 0.500. The SMILES string of the molecule is CCC.Cc1ccc2c(c1)OCCO2. The molecule has 1 aliphatic rings. The Morgan fingerprint density at radius 2 is 1.64 bits per heavy atom. The fourth-order valence-electron chi connectivity index (χ4n) is 1.15. The van der Waals surface area contributed by atoms with E-state index in [1.807, 2.05) is 25.1 Å². The second kappa shape index (κ2) is 5.53. The third-order valence-electron chi connectivity index (χ3n) is 1.70. The van der Waals surface area contributed by atoms with Crippen LogP contribution < -0.4 is 9.47 Å². The summed E-state index contributed by atoms with van der Waals surface area (Å²) in [4.78, 5) is 0. The molecule has 0 atom stereocenters. The van der Waals surface area contributed by atoms with E-state index in [-0.39, 0.29) is 0 Å². The lowest BCUT2D eigenvalue weighted by molar-refractivity contribution is 0.171. The van der Waals surface area contributed by atoms with Crippen molar-refractivity contribution in [1.29, 1.82) is 0 Å². The Balaban J connectivity index is 0.000000293. The zero-order valence-electron chi connectivity index (χ0n) is 9.17. The number of benzene rings is 1. The van der Waals surface area contributed by atoms with Crippen LogP contribution in [0.15, 0.2) is 18.2 Å². The molecule has 0 N–H and O–H groups in total. The summed E-state index contributed by atoms with van der Waals surface area (Å²) in [6.45, 7) is 7.62. The Hall–Kier alpha value is -1.18. The Morgan fingerprint density at radius 1 is 1.07 bits per heavy atom. The molecule has 0 saturated carbocycles. The molecule has 0 amide bonds. The molecule has 0 aromatic heterocycles. The zero-order valence-corrected chi connectivity index (χ0v) is 9.17.